The van der Waals surface area contributed by atoms with Gasteiger partial charge in [-0.3, -0.25) is 9.59 Å². The number of aryl methyl sites for hydroxylation is 2. The highest BCUT2D eigenvalue weighted by Crippen LogP contribution is 2.31. The maximum atomic E-state index is 12.3. The Hall–Kier alpha value is -2.73. The quantitative estimate of drug-likeness (QED) is 0.763. The van der Waals surface area contributed by atoms with Gasteiger partial charge in [0.25, 0.3) is 0 Å². The number of halogens is 1. The Morgan fingerprint density at radius 3 is 2.54 bits per heavy atom. The van der Waals surface area contributed by atoms with Gasteiger partial charge in [0.15, 0.2) is 0 Å². The predicted molar refractivity (Wildman–Crippen MR) is 103 cm³/mol. The van der Waals surface area contributed by atoms with Crippen molar-refractivity contribution in [2.75, 3.05) is 23.1 Å². The third-order valence-electron chi connectivity index (χ3n) is 4.36. The molecule has 2 aromatic rings. The number of methoxy groups -OCH3 is 1. The van der Waals surface area contributed by atoms with Crippen LogP contribution in [-0.4, -0.2) is 25.0 Å². The van der Waals surface area contributed by atoms with Crippen molar-refractivity contribution in [3.63, 3.8) is 0 Å². The number of ether oxygens (including phenoxy) is 1. The Morgan fingerprint density at radius 1 is 1.19 bits per heavy atom. The van der Waals surface area contributed by atoms with Gasteiger partial charge in [0.05, 0.1) is 29.9 Å². The fourth-order valence-electron chi connectivity index (χ4n) is 2.80. The molecule has 0 spiro atoms. The summed E-state index contributed by atoms with van der Waals surface area (Å²) in [5.41, 5.74) is 4.31. The van der Waals surface area contributed by atoms with Crippen LogP contribution in [0.2, 0.25) is 5.02 Å². The van der Waals surface area contributed by atoms with Gasteiger partial charge in [0.1, 0.15) is 11.8 Å². The summed E-state index contributed by atoms with van der Waals surface area (Å²) in [7, 11) is 1.52. The molecule has 1 heterocycles. The summed E-state index contributed by atoms with van der Waals surface area (Å²) >= 11 is 6.06. The lowest BCUT2D eigenvalue weighted by Gasteiger charge is -2.27. The molecule has 0 aliphatic carbocycles. The maximum Gasteiger partial charge on any atom is 0.247 e. The standard InChI is InChI=1S/C19H20ClN3O3/c1-10-6-14-15(7-11(10)2)23-19(25)16(22-14)9-18(24)21-12-4-5-17(26-3)13(20)8-12/h4-8,16,22H,9H2,1-3H3,(H,21,24)(H,23,25). The van der Waals surface area contributed by atoms with E-state index in [1.807, 2.05) is 26.0 Å². The van der Waals surface area contributed by atoms with E-state index >= 15 is 0 Å². The van der Waals surface area contributed by atoms with Crippen LogP contribution in [-0.2, 0) is 9.59 Å². The molecule has 1 unspecified atom stereocenters. The molecule has 0 bridgehead atoms. The van der Waals surface area contributed by atoms with E-state index in [-0.39, 0.29) is 18.2 Å². The number of rotatable bonds is 4. The van der Waals surface area contributed by atoms with Gasteiger partial charge in [-0.15, -0.1) is 0 Å². The van der Waals surface area contributed by atoms with E-state index in [0.717, 1.165) is 22.5 Å². The summed E-state index contributed by atoms with van der Waals surface area (Å²) < 4.78 is 5.08. The third-order valence-corrected chi connectivity index (χ3v) is 4.66. The van der Waals surface area contributed by atoms with Gasteiger partial charge in [-0.05, 0) is 55.3 Å². The molecule has 3 rings (SSSR count). The zero-order valence-electron chi connectivity index (χ0n) is 14.8. The zero-order chi connectivity index (χ0) is 18.8. The van der Waals surface area contributed by atoms with Crippen LogP contribution in [0.1, 0.15) is 17.5 Å². The minimum Gasteiger partial charge on any atom is -0.495 e. The molecule has 0 saturated carbocycles. The highest BCUT2D eigenvalue weighted by atomic mass is 35.5. The summed E-state index contributed by atoms with van der Waals surface area (Å²) in [6.07, 6.45) is 0.00183. The van der Waals surface area contributed by atoms with Crippen molar-refractivity contribution in [2.24, 2.45) is 0 Å². The normalized spacial score (nSPS) is 15.5. The fourth-order valence-corrected chi connectivity index (χ4v) is 3.06. The predicted octanol–water partition coefficient (Wildman–Crippen LogP) is 3.73. The van der Waals surface area contributed by atoms with E-state index in [9.17, 15) is 9.59 Å². The summed E-state index contributed by atoms with van der Waals surface area (Å²) in [4.78, 5) is 24.6. The second kappa shape index (κ2) is 7.25. The number of amides is 2. The Balaban J connectivity index is 1.68. The number of fused-ring (bicyclic) bond motifs is 1. The largest absolute Gasteiger partial charge is 0.495 e. The third kappa shape index (κ3) is 3.75. The van der Waals surface area contributed by atoms with Crippen molar-refractivity contribution < 1.29 is 14.3 Å². The zero-order valence-corrected chi connectivity index (χ0v) is 15.5. The van der Waals surface area contributed by atoms with E-state index in [0.29, 0.717) is 16.5 Å². The van der Waals surface area contributed by atoms with Gasteiger partial charge in [0, 0.05) is 5.69 Å². The molecule has 0 fully saturated rings. The molecule has 0 radical (unpaired) electrons. The summed E-state index contributed by atoms with van der Waals surface area (Å²) in [6.45, 7) is 3.99. The van der Waals surface area contributed by atoms with E-state index in [2.05, 4.69) is 16.0 Å². The van der Waals surface area contributed by atoms with Gasteiger partial charge in [-0.2, -0.15) is 0 Å². The van der Waals surface area contributed by atoms with Crippen LogP contribution in [0.15, 0.2) is 30.3 Å². The van der Waals surface area contributed by atoms with Gasteiger partial charge in [-0.25, -0.2) is 0 Å². The topological polar surface area (TPSA) is 79.5 Å². The smallest absolute Gasteiger partial charge is 0.247 e. The van der Waals surface area contributed by atoms with E-state index in [1.165, 1.54) is 7.11 Å². The van der Waals surface area contributed by atoms with E-state index < -0.39 is 6.04 Å². The van der Waals surface area contributed by atoms with Crippen LogP contribution < -0.4 is 20.7 Å². The molecule has 3 N–H and O–H groups in total. The molecule has 0 aromatic heterocycles. The van der Waals surface area contributed by atoms with Crippen LogP contribution in [0.4, 0.5) is 17.1 Å². The van der Waals surface area contributed by atoms with Gasteiger partial charge >= 0.3 is 0 Å². The minimum atomic E-state index is -0.640. The second-order valence-corrected chi connectivity index (χ2v) is 6.68. The van der Waals surface area contributed by atoms with Gasteiger partial charge in [-0.1, -0.05) is 11.6 Å². The first kappa shape index (κ1) is 18.1. The van der Waals surface area contributed by atoms with Crippen LogP contribution in [0.3, 0.4) is 0 Å². The van der Waals surface area contributed by atoms with E-state index in [4.69, 9.17) is 16.3 Å². The molecule has 26 heavy (non-hydrogen) atoms. The van der Waals surface area contributed by atoms with Crippen molar-refractivity contribution in [1.29, 1.82) is 0 Å². The van der Waals surface area contributed by atoms with Crippen LogP contribution >= 0.6 is 11.6 Å². The number of hydrogen-bond donors (Lipinski definition) is 3. The molecule has 6 nitrogen and oxygen atoms in total. The molecule has 1 aliphatic rings. The molecular weight excluding hydrogens is 354 g/mol. The average molecular weight is 374 g/mol. The lowest BCUT2D eigenvalue weighted by molar-refractivity contribution is -0.122. The molecular formula is C19H20ClN3O3. The number of anilines is 3. The fraction of sp³-hybridized carbons (Fsp3) is 0.263. The van der Waals surface area contributed by atoms with Crippen LogP contribution in [0.5, 0.6) is 5.75 Å². The molecule has 0 saturated heterocycles. The monoisotopic (exact) mass is 373 g/mol. The second-order valence-electron chi connectivity index (χ2n) is 6.27. The number of carbonyl (C=O) groups is 2. The van der Waals surface area contributed by atoms with Crippen molar-refractivity contribution in [1.82, 2.24) is 0 Å². The summed E-state index contributed by atoms with van der Waals surface area (Å²) in [5.74, 6) is 0.00935. The Labute approximate surface area is 156 Å². The summed E-state index contributed by atoms with van der Waals surface area (Å²) in [6, 6.07) is 8.22. The molecule has 7 heteroatoms. The van der Waals surface area contributed by atoms with Gasteiger partial charge in [0.2, 0.25) is 11.8 Å². The lowest BCUT2D eigenvalue weighted by atomic mass is 10.0. The lowest BCUT2D eigenvalue weighted by Crippen LogP contribution is -2.41. The molecule has 2 aromatic carbocycles. The Morgan fingerprint density at radius 2 is 1.88 bits per heavy atom. The Kier molecular flexibility index (Phi) is 5.04. The van der Waals surface area contributed by atoms with Crippen molar-refractivity contribution >= 4 is 40.5 Å². The van der Waals surface area contributed by atoms with E-state index in [1.54, 1.807) is 18.2 Å². The number of hydrogen-bond acceptors (Lipinski definition) is 4. The summed E-state index contributed by atoms with van der Waals surface area (Å²) in [5, 5.41) is 9.14. The van der Waals surface area contributed by atoms with Crippen LogP contribution in [0, 0.1) is 13.8 Å². The molecule has 1 aliphatic heterocycles. The first-order valence-corrected chi connectivity index (χ1v) is 8.57. The first-order valence-electron chi connectivity index (χ1n) is 8.19. The minimum absolute atomic E-state index is 0.00183. The highest BCUT2D eigenvalue weighted by molar-refractivity contribution is 6.32. The van der Waals surface area contributed by atoms with Crippen molar-refractivity contribution in [3.05, 3.63) is 46.5 Å². The number of nitrogens with one attached hydrogen (secondary N) is 3. The average Bonchev–Trinajstić information content (AvgIpc) is 2.57. The molecule has 136 valence electrons. The maximum absolute atomic E-state index is 12.3. The highest BCUT2D eigenvalue weighted by Gasteiger charge is 2.28. The van der Waals surface area contributed by atoms with Crippen LogP contribution in [0.25, 0.3) is 0 Å². The molecule has 2 amide bonds. The Bertz CT molecular complexity index is 883. The van der Waals surface area contributed by atoms with Crippen molar-refractivity contribution in [3.8, 4) is 5.75 Å². The van der Waals surface area contributed by atoms with Crippen molar-refractivity contribution in [2.45, 2.75) is 26.3 Å². The molecule has 1 atom stereocenters. The van der Waals surface area contributed by atoms with Gasteiger partial charge < -0.3 is 20.7 Å². The number of benzene rings is 2. The first-order chi connectivity index (χ1) is 12.4. The number of carbonyl (C=O) groups excluding carboxylic acids is 2. The SMILES string of the molecule is COc1ccc(NC(=O)CC2Nc3cc(C)c(C)cc3NC2=O)cc1Cl.